The molecule has 0 fully saturated rings. The van der Waals surface area contributed by atoms with E-state index >= 15 is 0 Å². The average molecular weight is 484 g/mol. The van der Waals surface area contributed by atoms with E-state index in [0.717, 1.165) is 29.7 Å². The summed E-state index contributed by atoms with van der Waals surface area (Å²) in [5, 5.41) is 11.0. The summed E-state index contributed by atoms with van der Waals surface area (Å²) in [6.07, 6.45) is 3.26. The Bertz CT molecular complexity index is 1720. The summed E-state index contributed by atoms with van der Waals surface area (Å²) in [5.41, 5.74) is 5.26. The molecule has 6 nitrogen and oxygen atoms in total. The standard InChI is InChI=1S/C27H18FN3O3S/c28-19-6-3-5-18(15-19)25-22-13-10-17-4-1-2-7-21(17)24(22)29-27-30(25)26(32)23(35-27)14-16-8-11-20(12-9-16)31(33)34/h1-9,11-12,14-15,25H,10,13H2/b23-14-. The first-order chi connectivity index (χ1) is 17.0. The fourth-order valence-corrected chi connectivity index (χ4v) is 5.84. The number of nitro groups is 1. The van der Waals surface area contributed by atoms with E-state index in [1.165, 1.54) is 41.2 Å². The fraction of sp³-hybridized carbons (Fsp3) is 0.111. The van der Waals surface area contributed by atoms with E-state index in [2.05, 4.69) is 6.07 Å². The molecule has 172 valence electrons. The van der Waals surface area contributed by atoms with Crippen LogP contribution in [0.1, 0.15) is 34.7 Å². The molecular formula is C27H18FN3O3S. The highest BCUT2D eigenvalue weighted by Crippen LogP contribution is 2.41. The quantitative estimate of drug-likeness (QED) is 0.321. The number of nitrogens with zero attached hydrogens (tertiary/aromatic N) is 3. The molecule has 1 atom stereocenters. The second-order valence-corrected chi connectivity index (χ2v) is 9.53. The summed E-state index contributed by atoms with van der Waals surface area (Å²) in [6.45, 7) is 0. The highest BCUT2D eigenvalue weighted by molar-refractivity contribution is 7.07. The van der Waals surface area contributed by atoms with Gasteiger partial charge in [-0.3, -0.25) is 19.5 Å². The largest absolute Gasteiger partial charge is 0.272 e. The number of non-ortho nitro benzene ring substituents is 1. The molecule has 4 aromatic rings. The van der Waals surface area contributed by atoms with Crippen molar-refractivity contribution in [3.05, 3.63) is 136 Å². The van der Waals surface area contributed by atoms with E-state index in [4.69, 9.17) is 4.99 Å². The molecule has 0 saturated heterocycles. The normalized spacial score (nSPS) is 16.8. The summed E-state index contributed by atoms with van der Waals surface area (Å²) >= 11 is 1.27. The Morgan fingerprint density at radius 1 is 1.06 bits per heavy atom. The number of rotatable bonds is 3. The molecule has 0 spiro atoms. The zero-order valence-electron chi connectivity index (χ0n) is 18.3. The van der Waals surface area contributed by atoms with E-state index in [1.54, 1.807) is 28.8 Å². The maximum atomic E-state index is 14.3. The van der Waals surface area contributed by atoms with Crippen LogP contribution in [0.2, 0.25) is 0 Å². The molecule has 0 saturated carbocycles. The van der Waals surface area contributed by atoms with E-state index in [1.807, 2.05) is 24.3 Å². The van der Waals surface area contributed by atoms with Gasteiger partial charge in [0.25, 0.3) is 11.2 Å². The first kappa shape index (κ1) is 21.4. The number of allylic oxidation sites excluding steroid dienone is 1. The van der Waals surface area contributed by atoms with Crippen molar-refractivity contribution in [3.63, 3.8) is 0 Å². The molecule has 1 aromatic heterocycles. The summed E-state index contributed by atoms with van der Waals surface area (Å²) in [4.78, 5) is 29.6. The van der Waals surface area contributed by atoms with Gasteiger partial charge in [0.1, 0.15) is 5.82 Å². The number of hydrogen-bond donors (Lipinski definition) is 0. The van der Waals surface area contributed by atoms with Crippen LogP contribution in [0.4, 0.5) is 10.1 Å². The fourth-order valence-electron chi connectivity index (χ4n) is 4.84. The van der Waals surface area contributed by atoms with Gasteiger partial charge in [-0.05, 0) is 65.4 Å². The third kappa shape index (κ3) is 3.63. The minimum atomic E-state index is -0.459. The second kappa shape index (κ2) is 8.25. The Labute approximate surface area is 202 Å². The topological polar surface area (TPSA) is 77.5 Å². The van der Waals surface area contributed by atoms with E-state index in [0.29, 0.717) is 20.5 Å². The molecule has 2 heterocycles. The number of fused-ring (bicyclic) bond motifs is 3. The SMILES string of the molecule is O=c1/c(=C/c2ccc([N+](=O)[O-])cc2)sc2n1C(c1cccc(F)c1)C1=C(N=2)c2ccccc2CC1. The van der Waals surface area contributed by atoms with Gasteiger partial charge >= 0.3 is 0 Å². The lowest BCUT2D eigenvalue weighted by Gasteiger charge is -2.30. The van der Waals surface area contributed by atoms with E-state index < -0.39 is 11.0 Å². The molecule has 1 unspecified atom stereocenters. The molecule has 3 aromatic carbocycles. The zero-order chi connectivity index (χ0) is 24.1. The highest BCUT2D eigenvalue weighted by Gasteiger charge is 2.32. The molecule has 1 aliphatic heterocycles. The number of benzene rings is 3. The number of aryl methyl sites for hydroxylation is 1. The monoisotopic (exact) mass is 483 g/mol. The molecule has 0 bridgehead atoms. The first-order valence-corrected chi connectivity index (χ1v) is 11.9. The van der Waals surface area contributed by atoms with Crippen molar-refractivity contribution >= 4 is 28.8 Å². The van der Waals surface area contributed by atoms with Gasteiger partial charge < -0.3 is 0 Å². The molecular weight excluding hydrogens is 465 g/mol. The van der Waals surface area contributed by atoms with E-state index in [9.17, 15) is 19.3 Å². The zero-order valence-corrected chi connectivity index (χ0v) is 19.2. The van der Waals surface area contributed by atoms with Crippen LogP contribution in [0.15, 0.2) is 88.2 Å². The average Bonchev–Trinajstić information content (AvgIpc) is 3.17. The van der Waals surface area contributed by atoms with Crippen LogP contribution in [0.5, 0.6) is 0 Å². The molecule has 35 heavy (non-hydrogen) atoms. The van der Waals surface area contributed by atoms with Crippen LogP contribution in [0.25, 0.3) is 11.8 Å². The lowest BCUT2D eigenvalue weighted by atomic mass is 9.83. The minimum absolute atomic E-state index is 0.0129. The number of nitro benzene ring substituents is 1. The van der Waals surface area contributed by atoms with Crippen molar-refractivity contribution in [3.8, 4) is 0 Å². The molecule has 0 N–H and O–H groups in total. The smallest absolute Gasteiger partial charge is 0.271 e. The van der Waals surface area contributed by atoms with Gasteiger partial charge in [0.15, 0.2) is 4.80 Å². The van der Waals surface area contributed by atoms with Gasteiger partial charge in [-0.2, -0.15) is 0 Å². The summed E-state index contributed by atoms with van der Waals surface area (Å²) < 4.78 is 16.4. The lowest BCUT2D eigenvalue weighted by molar-refractivity contribution is -0.384. The van der Waals surface area contributed by atoms with Crippen molar-refractivity contribution < 1.29 is 9.31 Å². The van der Waals surface area contributed by atoms with Gasteiger partial charge in [0.05, 0.1) is 21.2 Å². The number of halogens is 1. The first-order valence-electron chi connectivity index (χ1n) is 11.1. The van der Waals surface area contributed by atoms with Crippen LogP contribution in [0.3, 0.4) is 0 Å². The van der Waals surface area contributed by atoms with Crippen LogP contribution in [-0.4, -0.2) is 9.49 Å². The minimum Gasteiger partial charge on any atom is -0.272 e. The number of hydrogen-bond acceptors (Lipinski definition) is 5. The second-order valence-electron chi connectivity index (χ2n) is 8.52. The Kier molecular flexibility index (Phi) is 5.04. The molecule has 1 aliphatic carbocycles. The van der Waals surface area contributed by atoms with Gasteiger partial charge in [0, 0.05) is 17.7 Å². The van der Waals surface area contributed by atoms with E-state index in [-0.39, 0.29) is 17.1 Å². The van der Waals surface area contributed by atoms with Crippen LogP contribution >= 0.6 is 11.3 Å². The van der Waals surface area contributed by atoms with Crippen molar-refractivity contribution in [2.45, 2.75) is 18.9 Å². The van der Waals surface area contributed by atoms with Crippen LogP contribution < -0.4 is 14.9 Å². The van der Waals surface area contributed by atoms with Gasteiger partial charge in [-0.15, -0.1) is 0 Å². The van der Waals surface area contributed by atoms with Crippen LogP contribution in [-0.2, 0) is 6.42 Å². The Balaban J connectivity index is 1.58. The third-order valence-corrected chi connectivity index (χ3v) is 7.42. The third-order valence-electron chi connectivity index (χ3n) is 6.44. The van der Waals surface area contributed by atoms with Crippen LogP contribution in [0, 0.1) is 15.9 Å². The Morgan fingerprint density at radius 3 is 2.63 bits per heavy atom. The van der Waals surface area contributed by atoms with Gasteiger partial charge in [-0.25, -0.2) is 9.38 Å². The predicted molar refractivity (Wildman–Crippen MR) is 132 cm³/mol. The summed E-state index contributed by atoms with van der Waals surface area (Å²) in [7, 11) is 0. The van der Waals surface area contributed by atoms with Crippen molar-refractivity contribution in [1.29, 1.82) is 0 Å². The Morgan fingerprint density at radius 2 is 1.86 bits per heavy atom. The number of aromatic nitrogens is 1. The van der Waals surface area contributed by atoms with Gasteiger partial charge in [-0.1, -0.05) is 47.7 Å². The van der Waals surface area contributed by atoms with Crippen molar-refractivity contribution in [2.75, 3.05) is 0 Å². The number of thiazole rings is 1. The molecule has 8 heteroatoms. The van der Waals surface area contributed by atoms with Gasteiger partial charge in [0.2, 0.25) is 0 Å². The predicted octanol–water partition coefficient (Wildman–Crippen LogP) is 4.37. The summed E-state index contributed by atoms with van der Waals surface area (Å²) in [5.74, 6) is -0.356. The molecule has 2 aliphatic rings. The molecule has 0 amide bonds. The summed E-state index contributed by atoms with van der Waals surface area (Å²) in [6, 6.07) is 20.1. The highest BCUT2D eigenvalue weighted by atomic mass is 32.1. The Hall–Kier alpha value is -4.17. The van der Waals surface area contributed by atoms with Crippen molar-refractivity contribution in [1.82, 2.24) is 4.57 Å². The van der Waals surface area contributed by atoms with Crippen molar-refractivity contribution in [2.24, 2.45) is 4.99 Å². The lowest BCUT2D eigenvalue weighted by Crippen LogP contribution is -2.38. The maximum Gasteiger partial charge on any atom is 0.271 e. The maximum absolute atomic E-state index is 14.3. The molecule has 6 rings (SSSR count). The molecule has 0 radical (unpaired) electrons.